The van der Waals surface area contributed by atoms with Gasteiger partial charge in [-0.1, -0.05) is 23.7 Å². The molecule has 0 aliphatic heterocycles. The van der Waals surface area contributed by atoms with Crippen LogP contribution in [0.2, 0.25) is 5.15 Å². The van der Waals surface area contributed by atoms with Gasteiger partial charge in [0.1, 0.15) is 22.4 Å². The Kier molecular flexibility index (Phi) is 6.59. The first kappa shape index (κ1) is 21.6. The van der Waals surface area contributed by atoms with E-state index >= 15 is 0 Å². The van der Waals surface area contributed by atoms with Gasteiger partial charge in [-0.3, -0.25) is 0 Å². The highest BCUT2D eigenvalue weighted by Crippen LogP contribution is 2.29. The van der Waals surface area contributed by atoms with E-state index in [1.54, 1.807) is 18.2 Å². The molecule has 1 atom stereocenters. The molecule has 0 unspecified atom stereocenters. The third kappa shape index (κ3) is 5.72. The summed E-state index contributed by atoms with van der Waals surface area (Å²) in [6.45, 7) is -0.609. The van der Waals surface area contributed by atoms with Gasteiger partial charge in [-0.05, 0) is 24.3 Å². The van der Waals surface area contributed by atoms with Crippen LogP contribution in [0.15, 0.2) is 36.4 Å². The lowest BCUT2D eigenvalue weighted by Crippen LogP contribution is -2.24. The van der Waals surface area contributed by atoms with Crippen molar-refractivity contribution in [2.24, 2.45) is 0 Å². The van der Waals surface area contributed by atoms with Crippen LogP contribution in [0.5, 0.6) is 0 Å². The number of aliphatic hydroxyl groups excluding tert-OH is 2. The van der Waals surface area contributed by atoms with Crippen molar-refractivity contribution in [3.05, 3.63) is 47.2 Å². The van der Waals surface area contributed by atoms with Gasteiger partial charge in [0, 0.05) is 6.54 Å². The van der Waals surface area contributed by atoms with Crippen LogP contribution in [0.1, 0.15) is 5.69 Å². The first-order chi connectivity index (χ1) is 14.2. The van der Waals surface area contributed by atoms with Crippen LogP contribution in [0.4, 0.5) is 30.9 Å². The molecule has 0 aliphatic rings. The molecular weight excluding hydrogens is 427 g/mol. The zero-order valence-corrected chi connectivity index (χ0v) is 15.9. The van der Waals surface area contributed by atoms with Gasteiger partial charge < -0.3 is 20.8 Å². The van der Waals surface area contributed by atoms with E-state index in [2.05, 4.69) is 35.6 Å². The van der Waals surface area contributed by atoms with Gasteiger partial charge in [-0.2, -0.15) is 28.1 Å². The van der Waals surface area contributed by atoms with Crippen molar-refractivity contribution in [2.45, 2.75) is 12.3 Å². The molecule has 0 fully saturated rings. The molecule has 4 N–H and O–H groups in total. The number of halogens is 4. The summed E-state index contributed by atoms with van der Waals surface area (Å²) in [4.78, 5) is 19.8. The minimum Gasteiger partial charge on any atom is -0.394 e. The second-order valence-electron chi connectivity index (χ2n) is 5.90. The summed E-state index contributed by atoms with van der Waals surface area (Å²) >= 11 is 5.85. The van der Waals surface area contributed by atoms with Gasteiger partial charge in [0.05, 0.1) is 12.7 Å². The number of aromatic nitrogens is 5. The fourth-order valence-electron chi connectivity index (χ4n) is 2.21. The number of anilines is 3. The number of nitrogens with zero attached hydrogens (tertiary/aromatic N) is 5. The number of aliphatic hydroxyl groups is 2. The summed E-state index contributed by atoms with van der Waals surface area (Å²) in [6.07, 6.45) is -5.73. The Morgan fingerprint density at radius 2 is 1.70 bits per heavy atom. The molecule has 0 spiro atoms. The Morgan fingerprint density at radius 1 is 0.967 bits per heavy atom. The maximum atomic E-state index is 13.0. The predicted molar refractivity (Wildman–Crippen MR) is 102 cm³/mol. The van der Waals surface area contributed by atoms with Crippen LogP contribution in [0.3, 0.4) is 0 Å². The van der Waals surface area contributed by atoms with Crippen LogP contribution in [0, 0.1) is 0 Å². The summed E-state index contributed by atoms with van der Waals surface area (Å²) in [7, 11) is 0. The van der Waals surface area contributed by atoms with Crippen LogP contribution in [-0.2, 0) is 6.18 Å². The third-order valence-corrected chi connectivity index (χ3v) is 3.78. The fourth-order valence-corrected chi connectivity index (χ4v) is 2.37. The highest BCUT2D eigenvalue weighted by atomic mass is 35.5. The maximum Gasteiger partial charge on any atom is 0.433 e. The Labute approximate surface area is 173 Å². The molecule has 30 heavy (non-hydrogen) atoms. The monoisotopic (exact) mass is 441 g/mol. The van der Waals surface area contributed by atoms with Gasteiger partial charge in [-0.15, -0.1) is 0 Å². The second-order valence-corrected chi connectivity index (χ2v) is 6.29. The lowest BCUT2D eigenvalue weighted by Gasteiger charge is -2.12. The van der Waals surface area contributed by atoms with Crippen LogP contribution in [-0.4, -0.2) is 54.4 Å². The minimum atomic E-state index is -4.64. The van der Waals surface area contributed by atoms with E-state index in [0.29, 0.717) is 0 Å². The van der Waals surface area contributed by atoms with Crippen molar-refractivity contribution < 1.29 is 23.4 Å². The Bertz CT molecular complexity index is 1020. The molecule has 0 bridgehead atoms. The van der Waals surface area contributed by atoms with Gasteiger partial charge in [0.2, 0.25) is 11.9 Å². The van der Waals surface area contributed by atoms with Crippen LogP contribution >= 0.6 is 11.6 Å². The largest absolute Gasteiger partial charge is 0.433 e. The van der Waals surface area contributed by atoms with E-state index < -0.39 is 24.6 Å². The summed E-state index contributed by atoms with van der Waals surface area (Å²) in [5.74, 6) is 0.0332. The van der Waals surface area contributed by atoms with Gasteiger partial charge in [0.15, 0.2) is 5.82 Å². The van der Waals surface area contributed by atoms with Gasteiger partial charge in [0.25, 0.3) is 0 Å². The van der Waals surface area contributed by atoms with E-state index in [4.69, 9.17) is 16.7 Å². The zero-order chi connectivity index (χ0) is 21.7. The van der Waals surface area contributed by atoms with Gasteiger partial charge >= 0.3 is 6.18 Å². The maximum absolute atomic E-state index is 13.0. The van der Waals surface area contributed by atoms with E-state index in [9.17, 15) is 18.3 Å². The van der Waals surface area contributed by atoms with E-state index in [0.717, 1.165) is 6.07 Å². The number of hydrogen-bond acceptors (Lipinski definition) is 9. The Hall–Kier alpha value is -3.09. The molecule has 0 aromatic carbocycles. The molecular formula is C17H15ClF3N7O2. The van der Waals surface area contributed by atoms with Crippen molar-refractivity contribution in [3.63, 3.8) is 0 Å². The quantitative estimate of drug-likeness (QED) is 0.408. The topological polar surface area (TPSA) is 129 Å². The molecule has 0 saturated heterocycles. The smallest absolute Gasteiger partial charge is 0.394 e. The molecule has 158 valence electrons. The van der Waals surface area contributed by atoms with Crippen molar-refractivity contribution in [3.8, 4) is 11.5 Å². The fraction of sp³-hybridized carbons (Fsp3) is 0.235. The standard InChI is InChI=1S/C17H15ClF3N7O2/c18-12-5-2-6-13(24-12)25-16-27-14(26-15(28-16)22-7-9(30)8-29)10-3-1-4-11(23-10)17(19,20)21/h1-6,9,29-30H,7-8H2,(H2,22,24,25,26,27,28)/t9-/m0/s1. The number of alkyl halides is 3. The summed E-state index contributed by atoms with van der Waals surface area (Å²) in [5, 5.41) is 24.1. The second kappa shape index (κ2) is 9.15. The molecule has 9 nitrogen and oxygen atoms in total. The molecule has 3 heterocycles. The molecule has 3 aromatic heterocycles. The summed E-state index contributed by atoms with van der Waals surface area (Å²) in [6, 6.07) is 8.10. The lowest BCUT2D eigenvalue weighted by atomic mass is 10.3. The van der Waals surface area contributed by atoms with Crippen molar-refractivity contribution >= 4 is 29.3 Å². The molecule has 3 aromatic rings. The Balaban J connectivity index is 1.99. The predicted octanol–water partition coefficient (Wildman–Crippen LogP) is 2.51. The lowest BCUT2D eigenvalue weighted by molar-refractivity contribution is -0.141. The first-order valence-electron chi connectivity index (χ1n) is 8.47. The molecule has 0 saturated carbocycles. The summed E-state index contributed by atoms with van der Waals surface area (Å²) in [5.41, 5.74) is -1.24. The summed E-state index contributed by atoms with van der Waals surface area (Å²) < 4.78 is 39.0. The number of rotatable bonds is 7. The molecule has 0 radical (unpaired) electrons. The molecule has 13 heteroatoms. The van der Waals surface area contributed by atoms with Crippen molar-refractivity contribution in [1.82, 2.24) is 24.9 Å². The minimum absolute atomic E-state index is 0.0463. The van der Waals surface area contributed by atoms with E-state index in [1.807, 2.05) is 0 Å². The van der Waals surface area contributed by atoms with Crippen LogP contribution in [0.25, 0.3) is 11.5 Å². The zero-order valence-electron chi connectivity index (χ0n) is 15.1. The SMILES string of the molecule is OC[C@@H](O)CNc1nc(Nc2cccc(Cl)n2)nc(-c2cccc(C(F)(F)F)n2)n1. The van der Waals surface area contributed by atoms with Crippen molar-refractivity contribution in [1.29, 1.82) is 0 Å². The van der Waals surface area contributed by atoms with Crippen molar-refractivity contribution in [2.75, 3.05) is 23.8 Å². The van der Waals surface area contributed by atoms with Gasteiger partial charge in [-0.25, -0.2) is 9.97 Å². The normalized spacial score (nSPS) is 12.5. The third-order valence-electron chi connectivity index (χ3n) is 3.57. The van der Waals surface area contributed by atoms with E-state index in [1.165, 1.54) is 12.1 Å². The number of nitrogens with one attached hydrogen (secondary N) is 2. The van der Waals surface area contributed by atoms with Crippen LogP contribution < -0.4 is 10.6 Å². The van der Waals surface area contributed by atoms with E-state index in [-0.39, 0.29) is 40.9 Å². The average Bonchev–Trinajstić information content (AvgIpc) is 2.71. The first-order valence-corrected chi connectivity index (χ1v) is 8.85. The number of hydrogen-bond donors (Lipinski definition) is 4. The molecule has 0 aliphatic carbocycles. The average molecular weight is 442 g/mol. The highest BCUT2D eigenvalue weighted by Gasteiger charge is 2.32. The number of pyridine rings is 2. The molecule has 0 amide bonds. The highest BCUT2D eigenvalue weighted by molar-refractivity contribution is 6.29. The molecule has 3 rings (SSSR count). The Morgan fingerprint density at radius 3 is 2.40 bits per heavy atom.